The number of aromatic nitrogens is 3. The van der Waals surface area contributed by atoms with Crippen molar-refractivity contribution in [2.45, 2.75) is 39.5 Å². The molecule has 1 aromatic carbocycles. The van der Waals surface area contributed by atoms with Gasteiger partial charge in [-0.3, -0.25) is 4.79 Å². The summed E-state index contributed by atoms with van der Waals surface area (Å²) in [5, 5.41) is 8.67. The standard InChI is InChI=1S/C18H19N3O/c1-9-6-12-13(15-16(9)21(3)20-19-15)8-18-5-4-11(7-18)17(22)10(2)14(12)18/h6,11H,4-5,7-8H2,1-3H3. The zero-order valence-corrected chi connectivity index (χ0v) is 13.2. The molecule has 22 heavy (non-hydrogen) atoms. The molecule has 2 unspecified atom stereocenters. The summed E-state index contributed by atoms with van der Waals surface area (Å²) >= 11 is 0. The van der Waals surface area contributed by atoms with Crippen LogP contribution >= 0.6 is 0 Å². The molecule has 3 aliphatic rings. The van der Waals surface area contributed by atoms with Crippen molar-refractivity contribution < 1.29 is 4.79 Å². The summed E-state index contributed by atoms with van der Waals surface area (Å²) in [6, 6.07) is 2.26. The molecule has 1 fully saturated rings. The number of fused-ring (bicyclic) bond motifs is 5. The van der Waals surface area contributed by atoms with Gasteiger partial charge in [-0.2, -0.15) is 0 Å². The Hall–Kier alpha value is -1.97. The maximum Gasteiger partial charge on any atom is 0.161 e. The number of hydrogen-bond acceptors (Lipinski definition) is 3. The van der Waals surface area contributed by atoms with Gasteiger partial charge in [-0.25, -0.2) is 4.68 Å². The minimum Gasteiger partial charge on any atom is -0.294 e. The number of carbonyl (C=O) groups excluding carboxylic acids is 1. The Balaban J connectivity index is 1.89. The van der Waals surface area contributed by atoms with Gasteiger partial charge in [0.05, 0.1) is 5.52 Å². The molecule has 1 heterocycles. The molecule has 1 saturated carbocycles. The van der Waals surface area contributed by atoms with Crippen molar-refractivity contribution in [3.63, 3.8) is 0 Å². The van der Waals surface area contributed by atoms with Crippen LogP contribution in [0.5, 0.6) is 0 Å². The van der Waals surface area contributed by atoms with Gasteiger partial charge in [0.1, 0.15) is 5.52 Å². The predicted octanol–water partition coefficient (Wildman–Crippen LogP) is 2.98. The highest BCUT2D eigenvalue weighted by Gasteiger charge is 2.54. The number of carbonyl (C=O) groups is 1. The predicted molar refractivity (Wildman–Crippen MR) is 84.3 cm³/mol. The third kappa shape index (κ3) is 1.24. The molecule has 1 spiro atoms. The Kier molecular flexibility index (Phi) is 2.10. The lowest BCUT2D eigenvalue weighted by Crippen LogP contribution is -2.26. The Morgan fingerprint density at radius 3 is 3.00 bits per heavy atom. The fourth-order valence-electron chi connectivity index (χ4n) is 5.38. The SMILES string of the molecule is CC1=C2c3cc(C)c4c(nnn4C)c3CC23CCC(C3)C1=O. The normalized spacial score (nSPS) is 29.4. The zero-order valence-electron chi connectivity index (χ0n) is 13.2. The van der Waals surface area contributed by atoms with Crippen molar-refractivity contribution in [3.8, 4) is 0 Å². The number of ketones is 1. The first-order valence-corrected chi connectivity index (χ1v) is 8.10. The zero-order chi connectivity index (χ0) is 15.2. The lowest BCUT2D eigenvalue weighted by molar-refractivity contribution is -0.119. The van der Waals surface area contributed by atoms with Crippen LogP contribution in [0.15, 0.2) is 11.6 Å². The van der Waals surface area contributed by atoms with E-state index >= 15 is 0 Å². The van der Waals surface area contributed by atoms with E-state index in [0.29, 0.717) is 5.78 Å². The Morgan fingerprint density at radius 2 is 2.18 bits per heavy atom. The molecule has 112 valence electrons. The largest absolute Gasteiger partial charge is 0.294 e. The molecular formula is C18H19N3O. The fourth-order valence-corrected chi connectivity index (χ4v) is 5.38. The summed E-state index contributed by atoms with van der Waals surface area (Å²) in [5.41, 5.74) is 8.50. The maximum absolute atomic E-state index is 12.6. The van der Waals surface area contributed by atoms with E-state index in [-0.39, 0.29) is 11.3 Å². The molecule has 2 atom stereocenters. The van der Waals surface area contributed by atoms with E-state index in [1.807, 2.05) is 18.7 Å². The topological polar surface area (TPSA) is 47.8 Å². The molecule has 0 saturated heterocycles. The molecule has 0 N–H and O–H groups in total. The Bertz CT molecular complexity index is 905. The number of aryl methyl sites for hydroxylation is 2. The van der Waals surface area contributed by atoms with Crippen molar-refractivity contribution in [2.24, 2.45) is 18.4 Å². The van der Waals surface area contributed by atoms with E-state index in [0.717, 1.165) is 42.3 Å². The van der Waals surface area contributed by atoms with Gasteiger partial charge in [0.2, 0.25) is 0 Å². The van der Waals surface area contributed by atoms with Crippen LogP contribution < -0.4 is 0 Å². The molecule has 2 bridgehead atoms. The van der Waals surface area contributed by atoms with Crippen LogP contribution in [0.25, 0.3) is 16.6 Å². The van der Waals surface area contributed by atoms with Crippen LogP contribution in [-0.4, -0.2) is 20.8 Å². The van der Waals surface area contributed by atoms with E-state index < -0.39 is 0 Å². The number of hydrogen-bond donors (Lipinski definition) is 0. The average molecular weight is 293 g/mol. The molecule has 1 aromatic heterocycles. The quantitative estimate of drug-likeness (QED) is 0.750. The van der Waals surface area contributed by atoms with E-state index in [1.54, 1.807) is 0 Å². The molecule has 4 heteroatoms. The van der Waals surface area contributed by atoms with E-state index in [9.17, 15) is 4.79 Å². The summed E-state index contributed by atoms with van der Waals surface area (Å²) in [7, 11) is 1.95. The van der Waals surface area contributed by atoms with Gasteiger partial charge >= 0.3 is 0 Å². The summed E-state index contributed by atoms with van der Waals surface area (Å²) in [5.74, 6) is 0.643. The molecule has 4 nitrogen and oxygen atoms in total. The lowest BCUT2D eigenvalue weighted by Gasteiger charge is -2.31. The van der Waals surface area contributed by atoms with Gasteiger partial charge in [0.15, 0.2) is 5.78 Å². The van der Waals surface area contributed by atoms with Crippen molar-refractivity contribution in [1.29, 1.82) is 0 Å². The molecular weight excluding hydrogens is 274 g/mol. The molecule has 2 aromatic rings. The van der Waals surface area contributed by atoms with Crippen molar-refractivity contribution in [3.05, 3.63) is 28.3 Å². The van der Waals surface area contributed by atoms with Gasteiger partial charge in [-0.15, -0.1) is 5.10 Å². The van der Waals surface area contributed by atoms with Gasteiger partial charge < -0.3 is 0 Å². The molecule has 0 radical (unpaired) electrons. The number of allylic oxidation sites excluding steroid dienone is 2. The first kappa shape index (κ1) is 12.6. The number of Topliss-reactive ketones (excluding diaryl/α,β-unsaturated/α-hetero) is 1. The van der Waals surface area contributed by atoms with E-state index in [2.05, 4.69) is 23.3 Å². The summed E-state index contributed by atoms with van der Waals surface area (Å²) in [6.45, 7) is 4.16. The second-order valence-corrected chi connectivity index (χ2v) is 7.39. The number of rotatable bonds is 0. The van der Waals surface area contributed by atoms with Crippen LogP contribution in [0, 0.1) is 18.3 Å². The highest BCUT2D eigenvalue weighted by Crippen LogP contribution is 2.62. The summed E-state index contributed by atoms with van der Waals surface area (Å²) in [6.07, 6.45) is 4.27. The van der Waals surface area contributed by atoms with Crippen LogP contribution in [0.1, 0.15) is 42.9 Å². The molecule has 3 aliphatic carbocycles. The summed E-state index contributed by atoms with van der Waals surface area (Å²) < 4.78 is 1.87. The van der Waals surface area contributed by atoms with Crippen molar-refractivity contribution in [1.82, 2.24) is 15.0 Å². The smallest absolute Gasteiger partial charge is 0.161 e. The molecule has 5 rings (SSSR count). The number of benzene rings is 1. The Morgan fingerprint density at radius 1 is 1.36 bits per heavy atom. The third-order valence-corrected chi connectivity index (χ3v) is 6.21. The van der Waals surface area contributed by atoms with Crippen molar-refractivity contribution >= 4 is 22.4 Å². The van der Waals surface area contributed by atoms with E-state index in [4.69, 9.17) is 0 Å². The monoisotopic (exact) mass is 293 g/mol. The summed E-state index contributed by atoms with van der Waals surface area (Å²) in [4.78, 5) is 12.6. The highest BCUT2D eigenvalue weighted by molar-refractivity contribution is 6.09. The van der Waals surface area contributed by atoms with Crippen LogP contribution in [0.4, 0.5) is 0 Å². The Labute approximate surface area is 129 Å². The van der Waals surface area contributed by atoms with E-state index in [1.165, 1.54) is 22.3 Å². The second-order valence-electron chi connectivity index (χ2n) is 7.39. The molecule has 0 aliphatic heterocycles. The number of nitrogens with zero attached hydrogens (tertiary/aromatic N) is 3. The minimum atomic E-state index is 0.198. The van der Waals surface area contributed by atoms with Crippen LogP contribution in [-0.2, 0) is 18.3 Å². The minimum absolute atomic E-state index is 0.198. The van der Waals surface area contributed by atoms with Crippen LogP contribution in [0.3, 0.4) is 0 Å². The molecule has 0 amide bonds. The van der Waals surface area contributed by atoms with Crippen LogP contribution in [0.2, 0.25) is 0 Å². The second kappa shape index (κ2) is 3.67. The van der Waals surface area contributed by atoms with Gasteiger partial charge in [-0.05, 0) is 73.4 Å². The third-order valence-electron chi connectivity index (χ3n) is 6.21. The van der Waals surface area contributed by atoms with Crippen molar-refractivity contribution in [2.75, 3.05) is 0 Å². The fraction of sp³-hybridized carbons (Fsp3) is 0.500. The highest BCUT2D eigenvalue weighted by atomic mass is 16.1. The lowest BCUT2D eigenvalue weighted by atomic mass is 9.71. The first-order valence-electron chi connectivity index (χ1n) is 8.10. The van der Waals surface area contributed by atoms with Gasteiger partial charge in [-0.1, -0.05) is 5.21 Å². The van der Waals surface area contributed by atoms with Gasteiger partial charge in [0.25, 0.3) is 0 Å². The average Bonchev–Trinajstić information content (AvgIpc) is 3.13. The first-order chi connectivity index (χ1) is 10.5. The van der Waals surface area contributed by atoms with Gasteiger partial charge in [0, 0.05) is 18.4 Å². The maximum atomic E-state index is 12.6.